The Morgan fingerprint density at radius 2 is 2.08 bits per heavy atom. The van der Waals surface area contributed by atoms with Crippen molar-refractivity contribution in [1.82, 2.24) is 14.7 Å². The molecule has 1 aliphatic carbocycles. The summed E-state index contributed by atoms with van der Waals surface area (Å²) in [5, 5.41) is 14.0. The van der Waals surface area contributed by atoms with E-state index in [0.717, 1.165) is 28.8 Å². The summed E-state index contributed by atoms with van der Waals surface area (Å²) in [5.41, 5.74) is 1.40. The molecule has 1 saturated carbocycles. The van der Waals surface area contributed by atoms with Crippen molar-refractivity contribution in [3.8, 4) is 0 Å². The van der Waals surface area contributed by atoms with Gasteiger partial charge in [0.1, 0.15) is 6.17 Å². The average molecular weight is 351 g/mol. The van der Waals surface area contributed by atoms with Gasteiger partial charge in [0, 0.05) is 32.1 Å². The second-order valence-corrected chi connectivity index (χ2v) is 7.69. The molecule has 1 N–H and O–H groups in total. The zero-order valence-corrected chi connectivity index (χ0v) is 14.8. The van der Waals surface area contributed by atoms with Gasteiger partial charge in [-0.05, 0) is 36.7 Å². The van der Waals surface area contributed by atoms with E-state index in [0.29, 0.717) is 38.4 Å². The van der Waals surface area contributed by atoms with Crippen LogP contribution in [0.15, 0.2) is 10.9 Å². The standard InChI is InChI=1S/C18H26FN3O3/c1-11(2)7-16(18(24)25)22-17(23)8-14(12-3-4-12)15(20-22)5-6-21-9-13(19)10-21/h8,11-13,16H,3-7,9-10H2,1-2H3,(H,24,25)/t16-/m0/s1. The SMILES string of the molecule is CC(C)C[C@@H](C(=O)O)n1nc(CCN2CC(F)C2)c(C2CC2)cc1=O. The molecule has 0 unspecified atom stereocenters. The molecule has 6 nitrogen and oxygen atoms in total. The Morgan fingerprint density at radius 1 is 1.40 bits per heavy atom. The summed E-state index contributed by atoms with van der Waals surface area (Å²) < 4.78 is 14.1. The third kappa shape index (κ3) is 4.26. The van der Waals surface area contributed by atoms with Crippen LogP contribution in [0.1, 0.15) is 56.3 Å². The molecule has 0 spiro atoms. The first-order valence-electron chi connectivity index (χ1n) is 9.07. The van der Waals surface area contributed by atoms with Crippen LogP contribution < -0.4 is 5.56 Å². The van der Waals surface area contributed by atoms with Crippen molar-refractivity contribution in [3.05, 3.63) is 27.7 Å². The van der Waals surface area contributed by atoms with Crippen LogP contribution in [0.2, 0.25) is 0 Å². The predicted octanol–water partition coefficient (Wildman–Crippen LogP) is 1.99. The number of alkyl halides is 1. The molecule has 1 atom stereocenters. The average Bonchev–Trinajstić information content (AvgIpc) is 3.33. The number of carboxylic acid groups (broad SMARTS) is 1. The number of hydrogen-bond donors (Lipinski definition) is 1. The number of nitrogens with zero attached hydrogens (tertiary/aromatic N) is 3. The van der Waals surface area contributed by atoms with E-state index in [4.69, 9.17) is 0 Å². The summed E-state index contributed by atoms with van der Waals surface area (Å²) >= 11 is 0. The van der Waals surface area contributed by atoms with Crippen molar-refractivity contribution in [2.24, 2.45) is 5.92 Å². The first-order chi connectivity index (χ1) is 11.8. The van der Waals surface area contributed by atoms with E-state index in [2.05, 4.69) is 5.10 Å². The Kier molecular flexibility index (Phi) is 5.22. The van der Waals surface area contributed by atoms with Gasteiger partial charge in [0.05, 0.1) is 5.69 Å². The Hall–Kier alpha value is -1.76. The van der Waals surface area contributed by atoms with E-state index in [9.17, 15) is 19.1 Å². The van der Waals surface area contributed by atoms with Crippen molar-refractivity contribution >= 4 is 5.97 Å². The van der Waals surface area contributed by atoms with Gasteiger partial charge in [-0.25, -0.2) is 13.9 Å². The van der Waals surface area contributed by atoms with Crippen LogP contribution in [-0.2, 0) is 11.2 Å². The summed E-state index contributed by atoms with van der Waals surface area (Å²) in [6.07, 6.45) is 2.32. The Bertz CT molecular complexity index is 693. The minimum Gasteiger partial charge on any atom is -0.480 e. The van der Waals surface area contributed by atoms with Gasteiger partial charge in [0.15, 0.2) is 6.04 Å². The number of halogens is 1. The maximum Gasteiger partial charge on any atom is 0.328 e. The predicted molar refractivity (Wildman–Crippen MR) is 91.6 cm³/mol. The molecule has 3 rings (SSSR count). The largest absolute Gasteiger partial charge is 0.480 e. The number of carboxylic acids is 1. The van der Waals surface area contributed by atoms with Gasteiger partial charge in [0.25, 0.3) is 5.56 Å². The second-order valence-electron chi connectivity index (χ2n) is 7.69. The van der Waals surface area contributed by atoms with Gasteiger partial charge in [0.2, 0.25) is 0 Å². The third-order valence-electron chi connectivity index (χ3n) is 4.94. The van der Waals surface area contributed by atoms with Crippen LogP contribution in [-0.4, -0.2) is 51.6 Å². The monoisotopic (exact) mass is 351 g/mol. The normalized spacial score (nSPS) is 19.8. The van der Waals surface area contributed by atoms with Gasteiger partial charge >= 0.3 is 5.97 Å². The molecule has 7 heteroatoms. The van der Waals surface area contributed by atoms with E-state index in [1.807, 2.05) is 18.7 Å². The summed E-state index contributed by atoms with van der Waals surface area (Å²) in [4.78, 5) is 26.1. The van der Waals surface area contributed by atoms with Crippen molar-refractivity contribution in [1.29, 1.82) is 0 Å². The zero-order chi connectivity index (χ0) is 18.1. The van der Waals surface area contributed by atoms with E-state index in [-0.39, 0.29) is 11.5 Å². The lowest BCUT2D eigenvalue weighted by molar-refractivity contribution is -0.141. The van der Waals surface area contributed by atoms with Gasteiger partial charge in [-0.1, -0.05) is 13.8 Å². The molecule has 2 aliphatic rings. The molecule has 25 heavy (non-hydrogen) atoms. The number of carbonyl (C=O) groups is 1. The third-order valence-corrected chi connectivity index (χ3v) is 4.94. The molecule has 0 radical (unpaired) electrons. The Morgan fingerprint density at radius 3 is 2.60 bits per heavy atom. The molecule has 0 amide bonds. The van der Waals surface area contributed by atoms with Crippen LogP contribution in [0, 0.1) is 5.92 Å². The van der Waals surface area contributed by atoms with Crippen LogP contribution in [0.4, 0.5) is 4.39 Å². The summed E-state index contributed by atoms with van der Waals surface area (Å²) in [6, 6.07) is 0.628. The first-order valence-corrected chi connectivity index (χ1v) is 9.07. The molecule has 2 heterocycles. The lowest BCUT2D eigenvalue weighted by Crippen LogP contribution is -2.49. The fourth-order valence-corrected chi connectivity index (χ4v) is 3.39. The maximum absolute atomic E-state index is 13.0. The van der Waals surface area contributed by atoms with Crippen LogP contribution >= 0.6 is 0 Å². The Labute approximate surface area is 146 Å². The topological polar surface area (TPSA) is 75.4 Å². The maximum atomic E-state index is 13.0. The number of aliphatic carboxylic acids is 1. The van der Waals surface area contributed by atoms with Crippen LogP contribution in [0.3, 0.4) is 0 Å². The number of hydrogen-bond acceptors (Lipinski definition) is 4. The van der Waals surface area contributed by atoms with Crippen LogP contribution in [0.25, 0.3) is 0 Å². The summed E-state index contributed by atoms with van der Waals surface area (Å²) in [5.74, 6) is -0.524. The van der Waals surface area contributed by atoms with Gasteiger partial charge in [-0.2, -0.15) is 5.10 Å². The first kappa shape index (κ1) is 18.0. The molecule has 138 valence electrons. The van der Waals surface area contributed by atoms with Crippen molar-refractivity contribution in [3.63, 3.8) is 0 Å². The summed E-state index contributed by atoms with van der Waals surface area (Å²) in [6.45, 7) is 5.44. The van der Waals surface area contributed by atoms with Gasteiger partial charge < -0.3 is 5.11 Å². The molecule has 1 aliphatic heterocycles. The minimum absolute atomic E-state index is 0.143. The molecule has 0 bridgehead atoms. The lowest BCUT2D eigenvalue weighted by Gasteiger charge is -2.34. The van der Waals surface area contributed by atoms with Gasteiger partial charge in [-0.15, -0.1) is 0 Å². The number of aromatic nitrogens is 2. The quantitative estimate of drug-likeness (QED) is 0.775. The highest BCUT2D eigenvalue weighted by molar-refractivity contribution is 5.71. The highest BCUT2D eigenvalue weighted by Gasteiger charge is 2.31. The molecule has 1 saturated heterocycles. The van der Waals surface area contributed by atoms with Crippen molar-refractivity contribution in [2.75, 3.05) is 19.6 Å². The fraction of sp³-hybridized carbons (Fsp3) is 0.722. The van der Waals surface area contributed by atoms with Crippen molar-refractivity contribution < 1.29 is 14.3 Å². The van der Waals surface area contributed by atoms with Crippen LogP contribution in [0.5, 0.6) is 0 Å². The summed E-state index contributed by atoms with van der Waals surface area (Å²) in [7, 11) is 0. The molecule has 2 fully saturated rings. The minimum atomic E-state index is -1.03. The molecular weight excluding hydrogens is 325 g/mol. The van der Waals surface area contributed by atoms with E-state index < -0.39 is 18.2 Å². The molecule has 1 aromatic rings. The highest BCUT2D eigenvalue weighted by atomic mass is 19.1. The number of likely N-dealkylation sites (tertiary alicyclic amines) is 1. The fourth-order valence-electron chi connectivity index (χ4n) is 3.39. The van der Waals surface area contributed by atoms with E-state index in [1.165, 1.54) is 0 Å². The molecule has 1 aromatic heterocycles. The van der Waals surface area contributed by atoms with E-state index >= 15 is 0 Å². The highest BCUT2D eigenvalue weighted by Crippen LogP contribution is 2.41. The molecular formula is C18H26FN3O3. The Balaban J connectivity index is 1.86. The zero-order valence-electron chi connectivity index (χ0n) is 14.8. The van der Waals surface area contributed by atoms with Gasteiger partial charge in [-0.3, -0.25) is 9.69 Å². The van der Waals surface area contributed by atoms with Crippen molar-refractivity contribution in [2.45, 2.75) is 57.7 Å². The number of rotatable bonds is 8. The smallest absolute Gasteiger partial charge is 0.328 e. The van der Waals surface area contributed by atoms with E-state index in [1.54, 1.807) is 6.07 Å². The second kappa shape index (κ2) is 7.23. The molecule has 0 aromatic carbocycles. The lowest BCUT2D eigenvalue weighted by atomic mass is 10.0.